The lowest BCUT2D eigenvalue weighted by molar-refractivity contribution is -0.519. The fourth-order valence-electron chi connectivity index (χ4n) is 2.30. The van der Waals surface area contributed by atoms with Gasteiger partial charge in [-0.25, -0.2) is 4.57 Å². The molecule has 0 aliphatic rings. The summed E-state index contributed by atoms with van der Waals surface area (Å²) in [5.41, 5.74) is 7.65. The van der Waals surface area contributed by atoms with Gasteiger partial charge in [-0.2, -0.15) is 8.42 Å². The molecule has 0 bridgehead atoms. The molecule has 3 rings (SSSR count). The summed E-state index contributed by atoms with van der Waals surface area (Å²) in [7, 11) is -4.47. The number of aromatic nitrogens is 3. The van der Waals surface area contributed by atoms with E-state index in [1.54, 1.807) is 10.8 Å². The maximum absolute atomic E-state index is 10.9. The number of fused-ring (bicyclic) bond motifs is 1. The molecule has 0 aliphatic carbocycles. The molecule has 0 atom stereocenters. The largest absolute Gasteiger partial charge is 0.713 e. The molecule has 3 aromatic rings. The van der Waals surface area contributed by atoms with Crippen molar-refractivity contribution in [3.8, 4) is 0 Å². The van der Waals surface area contributed by atoms with Gasteiger partial charge in [0.1, 0.15) is 18.9 Å². The zero-order valence-electron chi connectivity index (χ0n) is 11.1. The van der Waals surface area contributed by atoms with Crippen molar-refractivity contribution in [2.45, 2.75) is 20.5 Å². The summed E-state index contributed by atoms with van der Waals surface area (Å²) in [5, 5.41) is 0.988. The highest BCUT2D eigenvalue weighted by Crippen LogP contribution is 2.21. The average Bonchev–Trinajstić information content (AvgIpc) is 3.03. The second kappa shape index (κ2) is 5.82. The number of hydrogen-bond acceptors (Lipinski definition) is 4. The van der Waals surface area contributed by atoms with E-state index in [1.165, 1.54) is 12.5 Å². The van der Waals surface area contributed by atoms with E-state index in [1.807, 2.05) is 35.0 Å². The molecule has 0 fully saturated rings. The molecule has 2 aromatic heterocycles. The van der Waals surface area contributed by atoms with E-state index in [9.17, 15) is 13.0 Å². The van der Waals surface area contributed by atoms with E-state index in [0.717, 1.165) is 16.6 Å². The standard InChI is InChI=1S/C13H14N4O3S.CH4/c14-12-2-1-3-13-11(12)4-5-16(13)8-6-15-7-9-17(10-15)21(18,19)20;/h1-5,7,9-10H,6,8,14H2;1H4. The topological polar surface area (TPSA) is 97.0 Å². The molecule has 118 valence electrons. The highest BCUT2D eigenvalue weighted by Gasteiger charge is 2.09. The molecule has 0 saturated carbocycles. The fraction of sp³-hybridized carbons (Fsp3) is 0.214. The summed E-state index contributed by atoms with van der Waals surface area (Å²) in [6, 6.07) is 7.66. The van der Waals surface area contributed by atoms with Crippen LogP contribution in [0.1, 0.15) is 7.43 Å². The molecule has 0 amide bonds. The monoisotopic (exact) mass is 322 g/mol. The van der Waals surface area contributed by atoms with E-state index in [4.69, 9.17) is 5.73 Å². The maximum atomic E-state index is 10.9. The van der Waals surface area contributed by atoms with Gasteiger partial charge in [0.15, 0.2) is 0 Å². The summed E-state index contributed by atoms with van der Waals surface area (Å²) >= 11 is 0. The smallest absolute Gasteiger partial charge is 0.260 e. The van der Waals surface area contributed by atoms with Gasteiger partial charge in [-0.05, 0) is 18.2 Å². The first-order chi connectivity index (χ1) is 9.95. The average molecular weight is 322 g/mol. The lowest BCUT2D eigenvalue weighted by Gasteiger charge is -2.04. The molecule has 8 heteroatoms. The van der Waals surface area contributed by atoms with Crippen LogP contribution in [0.3, 0.4) is 0 Å². The first-order valence-corrected chi connectivity index (χ1v) is 7.68. The number of hydrogen-bond donors (Lipinski definition) is 1. The number of benzene rings is 1. The number of nitrogen functional groups attached to an aromatic ring is 1. The Hall–Kier alpha value is -2.32. The van der Waals surface area contributed by atoms with E-state index in [-0.39, 0.29) is 7.43 Å². The van der Waals surface area contributed by atoms with Crippen LogP contribution in [0.25, 0.3) is 10.9 Å². The van der Waals surface area contributed by atoms with Crippen molar-refractivity contribution >= 4 is 26.9 Å². The Morgan fingerprint density at radius 1 is 1.18 bits per heavy atom. The SMILES string of the molecule is C.Nc1cccc2c1ccn2CCn1cc[n+](S(=O)(=O)[O-])c1. The molecule has 0 spiro atoms. The summed E-state index contributed by atoms with van der Waals surface area (Å²) in [4.78, 5) is 0. The lowest BCUT2D eigenvalue weighted by atomic mass is 10.2. The third-order valence-electron chi connectivity index (χ3n) is 3.37. The molecule has 2 N–H and O–H groups in total. The van der Waals surface area contributed by atoms with Crippen molar-refractivity contribution in [1.29, 1.82) is 0 Å². The molecule has 7 nitrogen and oxygen atoms in total. The van der Waals surface area contributed by atoms with Gasteiger partial charge in [-0.3, -0.25) is 0 Å². The molecule has 2 heterocycles. The number of anilines is 1. The molecule has 1 aromatic carbocycles. The van der Waals surface area contributed by atoms with Crippen LogP contribution < -0.4 is 9.71 Å². The van der Waals surface area contributed by atoms with E-state index < -0.39 is 10.3 Å². The number of rotatable bonds is 4. The van der Waals surface area contributed by atoms with Crippen molar-refractivity contribution in [3.63, 3.8) is 0 Å². The highest BCUT2D eigenvalue weighted by molar-refractivity contribution is 7.78. The van der Waals surface area contributed by atoms with Crippen LogP contribution >= 0.6 is 0 Å². The van der Waals surface area contributed by atoms with Crippen LogP contribution in [0, 0.1) is 0 Å². The van der Waals surface area contributed by atoms with Crippen molar-refractivity contribution in [2.75, 3.05) is 5.73 Å². The van der Waals surface area contributed by atoms with E-state index in [0.29, 0.717) is 17.1 Å². The minimum atomic E-state index is -4.47. The Morgan fingerprint density at radius 2 is 1.95 bits per heavy atom. The van der Waals surface area contributed by atoms with Crippen LogP contribution in [0.15, 0.2) is 49.2 Å². The molecule has 0 aliphatic heterocycles. The van der Waals surface area contributed by atoms with Gasteiger partial charge in [0.25, 0.3) is 16.6 Å². The van der Waals surface area contributed by atoms with Gasteiger partial charge in [0, 0.05) is 17.3 Å². The number of nitrogens with zero attached hydrogens (tertiary/aromatic N) is 3. The Balaban J connectivity index is 0.00000176. The fourth-order valence-corrected chi connectivity index (χ4v) is 2.74. The predicted octanol–water partition coefficient (Wildman–Crippen LogP) is 0.957. The molecule has 0 unspecified atom stereocenters. The number of aryl methyl sites for hydroxylation is 2. The third kappa shape index (κ3) is 2.97. The first-order valence-electron chi connectivity index (χ1n) is 6.32. The molecular weight excluding hydrogens is 304 g/mol. The summed E-state index contributed by atoms with van der Waals surface area (Å²) in [6.07, 6.45) is 5.98. The van der Waals surface area contributed by atoms with Crippen molar-refractivity contribution in [1.82, 2.24) is 9.13 Å². The van der Waals surface area contributed by atoms with Gasteiger partial charge >= 0.3 is 0 Å². The van der Waals surface area contributed by atoms with Crippen LogP contribution in [0.2, 0.25) is 0 Å². The Morgan fingerprint density at radius 3 is 2.64 bits per heavy atom. The Labute approximate surface area is 129 Å². The Kier molecular flexibility index (Phi) is 4.25. The zero-order valence-corrected chi connectivity index (χ0v) is 11.9. The van der Waals surface area contributed by atoms with Gasteiger partial charge < -0.3 is 14.9 Å². The third-order valence-corrected chi connectivity index (χ3v) is 4.10. The lowest BCUT2D eigenvalue weighted by Crippen LogP contribution is -2.40. The van der Waals surface area contributed by atoms with Crippen LogP contribution in [-0.4, -0.2) is 22.1 Å². The van der Waals surface area contributed by atoms with Gasteiger partial charge in [-0.15, -0.1) is 3.97 Å². The second-order valence-electron chi connectivity index (χ2n) is 4.73. The highest BCUT2D eigenvalue weighted by atomic mass is 32.2. The molecule has 0 saturated heterocycles. The Bertz CT molecular complexity index is 896. The summed E-state index contributed by atoms with van der Waals surface area (Å²) in [5.74, 6) is 0. The predicted molar refractivity (Wildman–Crippen MR) is 82.8 cm³/mol. The second-order valence-corrected chi connectivity index (χ2v) is 6.01. The minimum Gasteiger partial charge on any atom is -0.713 e. The van der Waals surface area contributed by atoms with Crippen LogP contribution in [-0.2, 0) is 23.4 Å². The minimum absolute atomic E-state index is 0. The summed E-state index contributed by atoms with van der Waals surface area (Å²) in [6.45, 7) is 1.18. The number of nitrogens with two attached hydrogens (primary N) is 1. The van der Waals surface area contributed by atoms with Crippen LogP contribution in [0.4, 0.5) is 5.69 Å². The molecular formula is C14H18N4O3S. The quantitative estimate of drug-likeness (QED) is 0.439. The van der Waals surface area contributed by atoms with Crippen molar-refractivity contribution in [3.05, 3.63) is 49.2 Å². The van der Waals surface area contributed by atoms with Crippen molar-refractivity contribution in [2.24, 2.45) is 0 Å². The normalized spacial score (nSPS) is 11.5. The van der Waals surface area contributed by atoms with E-state index >= 15 is 0 Å². The molecule has 22 heavy (non-hydrogen) atoms. The van der Waals surface area contributed by atoms with Crippen molar-refractivity contribution < 1.29 is 16.9 Å². The molecule has 0 radical (unpaired) electrons. The van der Waals surface area contributed by atoms with E-state index in [2.05, 4.69) is 0 Å². The number of imidazole rings is 1. The maximum Gasteiger partial charge on any atom is 0.260 e. The first kappa shape index (κ1) is 16.1. The zero-order chi connectivity index (χ0) is 15.0. The summed E-state index contributed by atoms with van der Waals surface area (Å²) < 4.78 is 36.9. The van der Waals surface area contributed by atoms with Crippen LogP contribution in [0.5, 0.6) is 0 Å². The van der Waals surface area contributed by atoms with Gasteiger partial charge in [-0.1, -0.05) is 13.5 Å². The van der Waals surface area contributed by atoms with Gasteiger partial charge in [0.2, 0.25) is 0 Å². The van der Waals surface area contributed by atoms with Gasteiger partial charge in [0.05, 0.1) is 12.1 Å².